The Kier molecular flexibility index (Phi) is 5.67. The molecule has 29 heavy (non-hydrogen) atoms. The first-order valence-electron chi connectivity index (χ1n) is 9.52. The summed E-state index contributed by atoms with van der Waals surface area (Å²) in [6, 6.07) is 19.4. The molecule has 0 bridgehead atoms. The van der Waals surface area contributed by atoms with Gasteiger partial charge < -0.3 is 9.73 Å². The molecule has 1 amide bonds. The predicted octanol–water partition coefficient (Wildman–Crippen LogP) is 5.92. The highest BCUT2D eigenvalue weighted by atomic mass is 32.2. The summed E-state index contributed by atoms with van der Waals surface area (Å²) in [6.45, 7) is 3.97. The molecule has 146 valence electrons. The van der Waals surface area contributed by atoms with Gasteiger partial charge in [-0.25, -0.2) is 0 Å². The zero-order chi connectivity index (χ0) is 20.2. The monoisotopic (exact) mass is 402 g/mol. The average molecular weight is 403 g/mol. The minimum atomic E-state index is -0.213. The van der Waals surface area contributed by atoms with Gasteiger partial charge in [-0.05, 0) is 55.8 Å². The molecule has 0 saturated carbocycles. The van der Waals surface area contributed by atoms with Crippen molar-refractivity contribution in [1.29, 1.82) is 0 Å². The first-order chi connectivity index (χ1) is 14.1. The van der Waals surface area contributed by atoms with Crippen LogP contribution in [0.2, 0.25) is 0 Å². The maximum atomic E-state index is 12.7. The van der Waals surface area contributed by atoms with Crippen LogP contribution >= 0.6 is 11.8 Å². The Bertz CT molecular complexity index is 1120. The molecule has 1 unspecified atom stereocenters. The van der Waals surface area contributed by atoms with Crippen molar-refractivity contribution in [3.63, 3.8) is 0 Å². The lowest BCUT2D eigenvalue weighted by atomic mass is 10.1. The second-order valence-corrected chi connectivity index (χ2v) is 8.01. The number of nitrogens with zero attached hydrogens (tertiary/aromatic N) is 1. The summed E-state index contributed by atoms with van der Waals surface area (Å²) in [5, 5.41) is 4.13. The van der Waals surface area contributed by atoms with Crippen molar-refractivity contribution in [3.05, 3.63) is 95.5 Å². The van der Waals surface area contributed by atoms with Gasteiger partial charge in [0.15, 0.2) is 0 Å². The van der Waals surface area contributed by atoms with Crippen LogP contribution in [-0.2, 0) is 5.75 Å². The van der Waals surface area contributed by atoms with Gasteiger partial charge in [-0.15, -0.1) is 11.8 Å². The van der Waals surface area contributed by atoms with Gasteiger partial charge in [0.1, 0.15) is 11.3 Å². The first-order valence-corrected chi connectivity index (χ1v) is 10.5. The number of thioether (sulfide) groups is 1. The summed E-state index contributed by atoms with van der Waals surface area (Å²) < 4.78 is 5.97. The fourth-order valence-electron chi connectivity index (χ4n) is 3.30. The third kappa shape index (κ3) is 4.35. The van der Waals surface area contributed by atoms with Gasteiger partial charge in [0.25, 0.3) is 5.91 Å². The lowest BCUT2D eigenvalue weighted by Gasteiger charge is -2.13. The molecule has 2 heterocycles. The zero-order valence-corrected chi connectivity index (χ0v) is 17.2. The van der Waals surface area contributed by atoms with Gasteiger partial charge in [-0.2, -0.15) is 0 Å². The summed E-state index contributed by atoms with van der Waals surface area (Å²) in [6.07, 6.45) is 3.64. The lowest BCUT2D eigenvalue weighted by molar-refractivity contribution is 0.0935. The standard InChI is InChI=1S/C24H22N2O2S/c1-16-21-7-3-4-8-22(21)28-23(16)17(2)26-24(27)19-9-11-20(12-10-19)29-15-18-6-5-13-25-14-18/h3-14,17H,15H2,1-2H3,(H,26,27). The summed E-state index contributed by atoms with van der Waals surface area (Å²) in [5.74, 6) is 1.53. The van der Waals surface area contributed by atoms with Gasteiger partial charge >= 0.3 is 0 Å². The first kappa shape index (κ1) is 19.3. The molecular formula is C24H22N2O2S. The number of aryl methyl sites for hydroxylation is 1. The molecule has 0 aliphatic heterocycles. The summed E-state index contributed by atoms with van der Waals surface area (Å²) in [5.41, 5.74) is 3.72. The zero-order valence-electron chi connectivity index (χ0n) is 16.4. The second kappa shape index (κ2) is 8.53. The number of furan rings is 1. The number of rotatable bonds is 6. The van der Waals surface area contributed by atoms with Crippen LogP contribution in [-0.4, -0.2) is 10.9 Å². The van der Waals surface area contributed by atoms with E-state index in [1.807, 2.05) is 74.6 Å². The van der Waals surface area contributed by atoms with Crippen LogP contribution in [0.5, 0.6) is 0 Å². The quantitative estimate of drug-likeness (QED) is 0.407. The van der Waals surface area contributed by atoms with Crippen molar-refractivity contribution in [2.75, 3.05) is 0 Å². The van der Waals surface area contributed by atoms with E-state index in [2.05, 4.69) is 16.4 Å². The van der Waals surface area contributed by atoms with Crippen LogP contribution in [0.15, 0.2) is 82.4 Å². The Morgan fingerprint density at radius 3 is 2.62 bits per heavy atom. The van der Waals surface area contributed by atoms with Crippen LogP contribution in [0, 0.1) is 6.92 Å². The van der Waals surface area contributed by atoms with Crippen LogP contribution in [0.25, 0.3) is 11.0 Å². The Hall–Kier alpha value is -3.05. The number of benzene rings is 2. The van der Waals surface area contributed by atoms with E-state index in [0.717, 1.165) is 32.9 Å². The van der Waals surface area contributed by atoms with Crippen molar-refractivity contribution >= 4 is 28.6 Å². The van der Waals surface area contributed by atoms with E-state index in [1.165, 1.54) is 5.56 Å². The number of pyridine rings is 1. The van der Waals surface area contributed by atoms with Gasteiger partial charge in [0.2, 0.25) is 0 Å². The molecular weight excluding hydrogens is 380 g/mol. The number of fused-ring (bicyclic) bond motifs is 1. The number of para-hydroxylation sites is 1. The fourth-order valence-corrected chi connectivity index (χ4v) is 4.14. The Labute approximate surface area is 174 Å². The molecule has 1 N–H and O–H groups in total. The van der Waals surface area contributed by atoms with Crippen molar-refractivity contribution in [1.82, 2.24) is 10.3 Å². The molecule has 1 atom stereocenters. The molecule has 0 radical (unpaired) electrons. The minimum absolute atomic E-state index is 0.110. The summed E-state index contributed by atoms with van der Waals surface area (Å²) in [7, 11) is 0. The normalized spacial score (nSPS) is 12.1. The van der Waals surface area contributed by atoms with E-state index in [0.29, 0.717) is 5.56 Å². The highest BCUT2D eigenvalue weighted by Gasteiger charge is 2.18. The highest BCUT2D eigenvalue weighted by molar-refractivity contribution is 7.98. The predicted molar refractivity (Wildman–Crippen MR) is 117 cm³/mol. The third-order valence-corrected chi connectivity index (χ3v) is 5.95. The number of hydrogen-bond acceptors (Lipinski definition) is 4. The number of nitrogens with one attached hydrogen (secondary N) is 1. The maximum Gasteiger partial charge on any atom is 0.251 e. The van der Waals surface area contributed by atoms with Crippen molar-refractivity contribution in [2.45, 2.75) is 30.5 Å². The maximum absolute atomic E-state index is 12.7. The molecule has 0 fully saturated rings. The Morgan fingerprint density at radius 1 is 1.10 bits per heavy atom. The van der Waals surface area contributed by atoms with E-state index < -0.39 is 0 Å². The van der Waals surface area contributed by atoms with Crippen molar-refractivity contribution in [3.8, 4) is 0 Å². The van der Waals surface area contributed by atoms with E-state index in [9.17, 15) is 4.79 Å². The van der Waals surface area contributed by atoms with E-state index in [4.69, 9.17) is 4.42 Å². The number of hydrogen-bond donors (Lipinski definition) is 1. The molecule has 0 saturated heterocycles. The molecule has 4 nitrogen and oxygen atoms in total. The van der Waals surface area contributed by atoms with E-state index >= 15 is 0 Å². The Morgan fingerprint density at radius 2 is 1.90 bits per heavy atom. The average Bonchev–Trinajstić information content (AvgIpc) is 3.10. The largest absolute Gasteiger partial charge is 0.459 e. The second-order valence-electron chi connectivity index (χ2n) is 6.96. The van der Waals surface area contributed by atoms with Crippen LogP contribution in [0.3, 0.4) is 0 Å². The van der Waals surface area contributed by atoms with Crippen LogP contribution in [0.1, 0.15) is 40.2 Å². The van der Waals surface area contributed by atoms with E-state index in [-0.39, 0.29) is 11.9 Å². The molecule has 0 aliphatic carbocycles. The topological polar surface area (TPSA) is 55.1 Å². The number of aromatic nitrogens is 1. The lowest BCUT2D eigenvalue weighted by Crippen LogP contribution is -2.26. The smallest absolute Gasteiger partial charge is 0.251 e. The van der Waals surface area contributed by atoms with Gasteiger partial charge in [-0.1, -0.05) is 24.3 Å². The fraction of sp³-hybridized carbons (Fsp3) is 0.167. The van der Waals surface area contributed by atoms with Crippen molar-refractivity contribution in [2.24, 2.45) is 0 Å². The number of amides is 1. The van der Waals surface area contributed by atoms with Gasteiger partial charge in [0, 0.05) is 39.6 Å². The van der Waals surface area contributed by atoms with Crippen LogP contribution < -0.4 is 5.32 Å². The molecule has 2 aromatic carbocycles. The van der Waals surface area contributed by atoms with Gasteiger partial charge in [-0.3, -0.25) is 9.78 Å². The van der Waals surface area contributed by atoms with E-state index in [1.54, 1.807) is 18.0 Å². The summed E-state index contributed by atoms with van der Waals surface area (Å²) >= 11 is 1.72. The summed E-state index contributed by atoms with van der Waals surface area (Å²) in [4.78, 5) is 17.9. The SMILES string of the molecule is Cc1c(C(C)NC(=O)c2ccc(SCc3cccnc3)cc2)oc2ccccc12. The molecule has 5 heteroatoms. The third-order valence-electron chi connectivity index (χ3n) is 4.87. The molecule has 0 spiro atoms. The number of carbonyl (C=O) groups excluding carboxylic acids is 1. The molecule has 4 rings (SSSR count). The molecule has 4 aromatic rings. The molecule has 2 aromatic heterocycles. The molecule has 0 aliphatic rings. The minimum Gasteiger partial charge on any atom is -0.459 e. The van der Waals surface area contributed by atoms with Gasteiger partial charge in [0.05, 0.1) is 6.04 Å². The van der Waals surface area contributed by atoms with Crippen molar-refractivity contribution < 1.29 is 9.21 Å². The van der Waals surface area contributed by atoms with Crippen LogP contribution in [0.4, 0.5) is 0 Å². The Balaban J connectivity index is 1.40. The number of carbonyl (C=O) groups is 1. The highest BCUT2D eigenvalue weighted by Crippen LogP contribution is 2.29.